The zero-order valence-electron chi connectivity index (χ0n) is 13.5. The SMILES string of the molecule is C[C-](CCC1C=Cc2ccccc21)C1C=Cc2ccccc21.[Zr]. The fourth-order valence-electron chi connectivity index (χ4n) is 3.79. The van der Waals surface area contributed by atoms with E-state index in [4.69, 9.17) is 0 Å². The number of benzene rings is 2. The van der Waals surface area contributed by atoms with Crippen molar-refractivity contribution in [3.63, 3.8) is 0 Å². The van der Waals surface area contributed by atoms with Crippen LogP contribution in [-0.2, 0) is 26.2 Å². The Kier molecular flexibility index (Phi) is 5.17. The molecule has 0 saturated carbocycles. The van der Waals surface area contributed by atoms with Crippen LogP contribution in [0.5, 0.6) is 0 Å². The van der Waals surface area contributed by atoms with Gasteiger partial charge in [0.1, 0.15) is 0 Å². The molecule has 23 heavy (non-hydrogen) atoms. The molecule has 0 nitrogen and oxygen atoms in total. The Morgan fingerprint density at radius 2 is 1.43 bits per heavy atom. The Morgan fingerprint density at radius 1 is 0.826 bits per heavy atom. The minimum atomic E-state index is 0. The molecule has 0 heterocycles. The van der Waals surface area contributed by atoms with Crippen LogP contribution >= 0.6 is 0 Å². The van der Waals surface area contributed by atoms with E-state index in [0.29, 0.717) is 11.8 Å². The van der Waals surface area contributed by atoms with Crippen molar-refractivity contribution in [2.45, 2.75) is 31.6 Å². The van der Waals surface area contributed by atoms with E-state index in [1.54, 1.807) is 5.92 Å². The monoisotopic (exact) mass is 375 g/mol. The zero-order chi connectivity index (χ0) is 14.9. The van der Waals surface area contributed by atoms with Crippen LogP contribution in [0.2, 0.25) is 0 Å². The molecule has 0 bridgehead atoms. The minimum absolute atomic E-state index is 0. The average Bonchev–Trinajstić information content (AvgIpc) is 3.17. The van der Waals surface area contributed by atoms with Gasteiger partial charge in [0.2, 0.25) is 0 Å². The van der Waals surface area contributed by atoms with Crippen molar-refractivity contribution in [3.05, 3.63) is 88.9 Å². The summed E-state index contributed by atoms with van der Waals surface area (Å²) in [5, 5.41) is 0. The fourth-order valence-corrected chi connectivity index (χ4v) is 3.79. The smallest absolute Gasteiger partial charge is 0.000306 e. The van der Waals surface area contributed by atoms with E-state index in [-0.39, 0.29) is 26.2 Å². The molecule has 0 saturated heterocycles. The van der Waals surface area contributed by atoms with E-state index in [2.05, 4.69) is 79.8 Å². The normalized spacial score (nSPS) is 20.4. The van der Waals surface area contributed by atoms with Crippen LogP contribution in [0.1, 0.15) is 53.9 Å². The molecule has 2 unspecified atom stereocenters. The molecule has 0 fully saturated rings. The molecule has 0 N–H and O–H groups in total. The maximum atomic E-state index is 2.37. The first kappa shape index (κ1) is 16.7. The van der Waals surface area contributed by atoms with Gasteiger partial charge in [0.25, 0.3) is 0 Å². The standard InChI is InChI=1S/C22H21.Zr/c1-16(20-15-14-18-7-3-5-9-22(18)20)10-11-19-13-12-17-6-2-4-8-21(17)19;/h2-9,12-15,19-20H,10-11H2,1H3;/q-1;. The van der Waals surface area contributed by atoms with E-state index in [9.17, 15) is 0 Å². The van der Waals surface area contributed by atoms with E-state index in [0.717, 1.165) is 0 Å². The maximum Gasteiger partial charge on any atom is 0.000306 e. The molecule has 2 atom stereocenters. The maximum absolute atomic E-state index is 2.37. The van der Waals surface area contributed by atoms with E-state index in [1.165, 1.54) is 35.1 Å². The molecule has 0 radical (unpaired) electrons. The van der Waals surface area contributed by atoms with Gasteiger partial charge in [-0.25, -0.2) is 0 Å². The summed E-state index contributed by atoms with van der Waals surface area (Å²) in [6, 6.07) is 17.6. The summed E-state index contributed by atoms with van der Waals surface area (Å²) in [6.07, 6.45) is 11.7. The largest absolute Gasteiger partial charge is 0.306 e. The van der Waals surface area contributed by atoms with Gasteiger partial charge >= 0.3 is 0 Å². The molecular weight excluding hydrogens is 355 g/mol. The number of hydrogen-bond donors (Lipinski definition) is 0. The van der Waals surface area contributed by atoms with Crippen LogP contribution in [-0.4, -0.2) is 0 Å². The predicted molar refractivity (Wildman–Crippen MR) is 94.6 cm³/mol. The second-order valence-corrected chi connectivity index (χ2v) is 6.45. The Balaban J connectivity index is 0.00000156. The first-order valence-corrected chi connectivity index (χ1v) is 8.19. The molecule has 2 aromatic rings. The van der Waals surface area contributed by atoms with Gasteiger partial charge < -0.3 is 5.92 Å². The third-order valence-electron chi connectivity index (χ3n) is 5.08. The first-order chi connectivity index (χ1) is 10.8. The van der Waals surface area contributed by atoms with Crippen LogP contribution in [0.25, 0.3) is 12.2 Å². The van der Waals surface area contributed by atoms with Gasteiger partial charge in [-0.2, -0.15) is 13.3 Å². The minimum Gasteiger partial charge on any atom is -0.306 e. The van der Waals surface area contributed by atoms with E-state index in [1.807, 2.05) is 0 Å². The molecule has 2 aliphatic rings. The van der Waals surface area contributed by atoms with Crippen LogP contribution in [0.4, 0.5) is 0 Å². The van der Waals surface area contributed by atoms with Gasteiger partial charge in [0.15, 0.2) is 0 Å². The summed E-state index contributed by atoms with van der Waals surface area (Å²) < 4.78 is 0. The van der Waals surface area contributed by atoms with Crippen LogP contribution < -0.4 is 0 Å². The zero-order valence-corrected chi connectivity index (χ0v) is 16.0. The van der Waals surface area contributed by atoms with Crippen molar-refractivity contribution in [1.82, 2.24) is 0 Å². The molecule has 2 aliphatic carbocycles. The third kappa shape index (κ3) is 3.22. The second kappa shape index (κ2) is 7.14. The summed E-state index contributed by atoms with van der Waals surface area (Å²) in [5.74, 6) is 2.68. The van der Waals surface area contributed by atoms with Crippen molar-refractivity contribution in [1.29, 1.82) is 0 Å². The Morgan fingerprint density at radius 3 is 2.22 bits per heavy atom. The number of fused-ring (bicyclic) bond motifs is 2. The van der Waals surface area contributed by atoms with Crippen LogP contribution in [0.3, 0.4) is 0 Å². The quantitative estimate of drug-likeness (QED) is 0.576. The molecular formula is C22H21Zr-. The molecule has 0 spiro atoms. The Labute approximate surface area is 158 Å². The number of allylic oxidation sites excluding steroid dienone is 2. The average molecular weight is 377 g/mol. The van der Waals surface area contributed by atoms with E-state index >= 15 is 0 Å². The molecule has 0 aliphatic heterocycles. The molecule has 0 amide bonds. The number of hydrogen-bond acceptors (Lipinski definition) is 0. The summed E-state index contributed by atoms with van der Waals surface area (Å²) in [6.45, 7) is 2.32. The van der Waals surface area contributed by atoms with Gasteiger partial charge in [-0.05, 0) is 16.7 Å². The Bertz CT molecular complexity index is 741. The predicted octanol–water partition coefficient (Wildman–Crippen LogP) is 5.98. The van der Waals surface area contributed by atoms with Crippen LogP contribution in [0, 0.1) is 5.92 Å². The molecule has 0 aromatic heterocycles. The van der Waals surface area contributed by atoms with E-state index < -0.39 is 0 Å². The van der Waals surface area contributed by atoms with Gasteiger partial charge in [-0.1, -0.05) is 78.7 Å². The van der Waals surface area contributed by atoms with Crippen molar-refractivity contribution in [2.24, 2.45) is 0 Å². The summed E-state index contributed by atoms with van der Waals surface area (Å²) in [5.41, 5.74) is 5.76. The van der Waals surface area contributed by atoms with Gasteiger partial charge in [-0.3, -0.25) is 0 Å². The first-order valence-electron chi connectivity index (χ1n) is 8.19. The van der Waals surface area contributed by atoms with Crippen molar-refractivity contribution in [3.8, 4) is 0 Å². The topological polar surface area (TPSA) is 0 Å². The van der Waals surface area contributed by atoms with Crippen molar-refractivity contribution in [2.75, 3.05) is 0 Å². The summed E-state index contributed by atoms with van der Waals surface area (Å²) >= 11 is 0. The van der Waals surface area contributed by atoms with Crippen molar-refractivity contribution >= 4 is 12.2 Å². The Hall–Kier alpha value is -1.20. The summed E-state index contributed by atoms with van der Waals surface area (Å²) in [7, 11) is 0. The summed E-state index contributed by atoms with van der Waals surface area (Å²) in [4.78, 5) is 0. The molecule has 1 heteroatoms. The molecule has 2 aromatic carbocycles. The fraction of sp³-hybridized carbons (Fsp3) is 0.227. The van der Waals surface area contributed by atoms with Gasteiger partial charge in [-0.15, -0.1) is 12.0 Å². The van der Waals surface area contributed by atoms with Gasteiger partial charge in [0, 0.05) is 32.1 Å². The van der Waals surface area contributed by atoms with Gasteiger partial charge in [0.05, 0.1) is 0 Å². The second-order valence-electron chi connectivity index (χ2n) is 6.45. The third-order valence-corrected chi connectivity index (χ3v) is 5.08. The molecule has 4 rings (SSSR count). The van der Waals surface area contributed by atoms with Crippen LogP contribution in [0.15, 0.2) is 60.7 Å². The number of rotatable bonds is 4. The molecule has 114 valence electrons. The van der Waals surface area contributed by atoms with Crippen molar-refractivity contribution < 1.29 is 26.2 Å².